The topological polar surface area (TPSA) is 54.4 Å². The molecule has 0 radical (unpaired) electrons. The van der Waals surface area contributed by atoms with Crippen LogP contribution in [-0.4, -0.2) is 22.3 Å². The quantitative estimate of drug-likeness (QED) is 0.747. The van der Waals surface area contributed by atoms with E-state index in [1.165, 1.54) is 32.1 Å². The van der Waals surface area contributed by atoms with Crippen molar-refractivity contribution in [2.75, 3.05) is 0 Å². The second-order valence-corrected chi connectivity index (χ2v) is 9.68. The lowest BCUT2D eigenvalue weighted by Gasteiger charge is -2.53. The summed E-state index contributed by atoms with van der Waals surface area (Å²) in [6.45, 7) is 0. The van der Waals surface area contributed by atoms with Crippen molar-refractivity contribution in [2.45, 2.75) is 69.8 Å². The number of Topliss-reactive ketones (excluding diaryl/α,β-unsaturated/α-hetero) is 2. The van der Waals surface area contributed by atoms with Crippen LogP contribution in [0.25, 0.3) is 0 Å². The zero-order chi connectivity index (χ0) is 15.8. The van der Waals surface area contributed by atoms with Gasteiger partial charge in [-0.3, -0.25) is 9.59 Å². The van der Waals surface area contributed by atoms with Gasteiger partial charge in [-0.25, -0.2) is 0 Å². The molecule has 3 heteroatoms. The number of hydrogen-bond donors (Lipinski definition) is 1. The Labute approximate surface area is 138 Å². The van der Waals surface area contributed by atoms with Gasteiger partial charge in [-0.15, -0.1) is 0 Å². The lowest BCUT2D eigenvalue weighted by Crippen LogP contribution is -2.54. The molecule has 126 valence electrons. The Morgan fingerprint density at radius 3 is 1.52 bits per heavy atom. The van der Waals surface area contributed by atoms with Crippen molar-refractivity contribution < 1.29 is 14.7 Å². The molecule has 0 aromatic heterocycles. The summed E-state index contributed by atoms with van der Waals surface area (Å²) in [5, 5.41) is 10.1. The van der Waals surface area contributed by atoms with Crippen molar-refractivity contribution in [3.8, 4) is 0 Å². The molecule has 0 amide bonds. The minimum atomic E-state index is -0.440. The highest BCUT2D eigenvalue weighted by molar-refractivity contribution is 5.86. The number of hydrogen-bond acceptors (Lipinski definition) is 3. The first-order chi connectivity index (χ1) is 11.0. The van der Waals surface area contributed by atoms with Gasteiger partial charge in [0.15, 0.2) is 0 Å². The van der Waals surface area contributed by atoms with E-state index in [1.807, 2.05) is 0 Å². The molecule has 1 N–H and O–H groups in total. The summed E-state index contributed by atoms with van der Waals surface area (Å²) in [4.78, 5) is 23.2. The molecule has 8 rings (SSSR count). The maximum atomic E-state index is 11.6. The first-order valence-electron chi connectivity index (χ1n) is 9.79. The van der Waals surface area contributed by atoms with Gasteiger partial charge in [0, 0.05) is 23.7 Å². The summed E-state index contributed by atoms with van der Waals surface area (Å²) in [5.74, 6) is 5.07. The standard InChI is InChI=1S/C10H14O2.C10H14O/c11-9-7-1-6-2-8(9)5-10(12,3-6)4-7;11-10-8-2-6-1-7(4-8)5-9(10)3-6/h6-8,12H,1-5H2;6-9H,1-5H2. The first kappa shape index (κ1) is 14.6. The molecular formula is C20H28O3. The molecule has 8 fully saturated rings. The lowest BCUT2D eigenvalue weighted by molar-refractivity contribution is -0.161. The zero-order valence-electron chi connectivity index (χ0n) is 13.9. The van der Waals surface area contributed by atoms with Gasteiger partial charge in [0.05, 0.1) is 5.60 Å². The maximum Gasteiger partial charge on any atom is 0.139 e. The Balaban J connectivity index is 0.000000106. The summed E-state index contributed by atoms with van der Waals surface area (Å²) in [7, 11) is 0. The molecule has 0 aromatic rings. The van der Waals surface area contributed by atoms with Crippen LogP contribution < -0.4 is 0 Å². The van der Waals surface area contributed by atoms with Crippen LogP contribution in [0.2, 0.25) is 0 Å². The molecule has 3 nitrogen and oxygen atoms in total. The van der Waals surface area contributed by atoms with Crippen LogP contribution in [0.3, 0.4) is 0 Å². The monoisotopic (exact) mass is 316 g/mol. The van der Waals surface area contributed by atoms with Crippen molar-refractivity contribution in [2.24, 2.45) is 41.4 Å². The summed E-state index contributed by atoms with van der Waals surface area (Å²) >= 11 is 0. The highest BCUT2D eigenvalue weighted by atomic mass is 16.3. The van der Waals surface area contributed by atoms with E-state index in [1.54, 1.807) is 0 Å². The van der Waals surface area contributed by atoms with Gasteiger partial charge in [0.25, 0.3) is 0 Å². The molecule has 0 aromatic carbocycles. The molecule has 8 saturated carbocycles. The minimum absolute atomic E-state index is 0.223. The molecule has 8 bridgehead atoms. The Kier molecular flexibility index (Phi) is 3.12. The third-order valence-corrected chi connectivity index (χ3v) is 7.90. The van der Waals surface area contributed by atoms with E-state index in [9.17, 15) is 14.7 Å². The molecule has 23 heavy (non-hydrogen) atoms. The Morgan fingerprint density at radius 1 is 0.609 bits per heavy atom. The van der Waals surface area contributed by atoms with Crippen molar-refractivity contribution in [1.82, 2.24) is 0 Å². The third-order valence-electron chi connectivity index (χ3n) is 7.90. The van der Waals surface area contributed by atoms with Crippen molar-refractivity contribution in [1.29, 1.82) is 0 Å². The fourth-order valence-corrected chi connectivity index (χ4v) is 7.35. The highest BCUT2D eigenvalue weighted by Gasteiger charge is 2.54. The molecule has 8 aliphatic rings. The summed E-state index contributed by atoms with van der Waals surface area (Å²) < 4.78 is 0. The lowest BCUT2D eigenvalue weighted by atomic mass is 9.54. The van der Waals surface area contributed by atoms with Gasteiger partial charge >= 0.3 is 0 Å². The van der Waals surface area contributed by atoms with E-state index in [-0.39, 0.29) is 11.8 Å². The SMILES string of the molecule is O=C1C2CC3CC(C2)CC1C3.O=C1C2CC3CC1CC(O)(C3)C2. The Bertz CT molecular complexity index is 503. The van der Waals surface area contributed by atoms with Gasteiger partial charge in [-0.1, -0.05) is 0 Å². The normalized spacial score (nSPS) is 55.1. The highest BCUT2D eigenvalue weighted by Crippen LogP contribution is 2.54. The van der Waals surface area contributed by atoms with Crippen LogP contribution >= 0.6 is 0 Å². The number of carbonyl (C=O) groups excluding carboxylic acids is 2. The average Bonchev–Trinajstić information content (AvgIpc) is 2.48. The second-order valence-electron chi connectivity index (χ2n) is 9.68. The first-order valence-corrected chi connectivity index (χ1v) is 9.79. The van der Waals surface area contributed by atoms with Crippen molar-refractivity contribution >= 4 is 11.6 Å². The van der Waals surface area contributed by atoms with Crippen LogP contribution in [0.5, 0.6) is 0 Å². The third kappa shape index (κ3) is 2.33. The van der Waals surface area contributed by atoms with Crippen LogP contribution in [0, 0.1) is 41.4 Å². The fourth-order valence-electron chi connectivity index (χ4n) is 7.35. The summed E-state index contributed by atoms with van der Waals surface area (Å²) in [6, 6.07) is 0. The van der Waals surface area contributed by atoms with Crippen LogP contribution in [0.15, 0.2) is 0 Å². The summed E-state index contributed by atoms with van der Waals surface area (Å²) in [5.41, 5.74) is -0.440. The predicted octanol–water partition coefficient (Wildman–Crippen LogP) is 3.14. The number of aliphatic hydroxyl groups is 1. The van der Waals surface area contributed by atoms with E-state index >= 15 is 0 Å². The molecule has 0 heterocycles. The molecule has 8 aliphatic carbocycles. The van der Waals surface area contributed by atoms with E-state index in [0.29, 0.717) is 29.3 Å². The van der Waals surface area contributed by atoms with Crippen molar-refractivity contribution in [3.63, 3.8) is 0 Å². The van der Waals surface area contributed by atoms with Gasteiger partial charge in [0.2, 0.25) is 0 Å². The molecule has 0 aliphatic heterocycles. The van der Waals surface area contributed by atoms with Crippen LogP contribution in [0.1, 0.15) is 64.2 Å². The van der Waals surface area contributed by atoms with Gasteiger partial charge in [-0.05, 0) is 82.0 Å². The van der Waals surface area contributed by atoms with E-state index < -0.39 is 5.60 Å². The molecule has 0 saturated heterocycles. The van der Waals surface area contributed by atoms with Crippen molar-refractivity contribution in [3.05, 3.63) is 0 Å². The minimum Gasteiger partial charge on any atom is -0.390 e. The average molecular weight is 316 g/mol. The van der Waals surface area contributed by atoms with Gasteiger partial charge in [0.1, 0.15) is 11.6 Å². The number of rotatable bonds is 0. The van der Waals surface area contributed by atoms with E-state index in [2.05, 4.69) is 0 Å². The molecular weight excluding hydrogens is 288 g/mol. The van der Waals surface area contributed by atoms with E-state index in [0.717, 1.165) is 43.9 Å². The van der Waals surface area contributed by atoms with Crippen LogP contribution in [0.4, 0.5) is 0 Å². The molecule has 2 unspecified atom stereocenters. The number of ketones is 2. The number of carbonyl (C=O) groups is 2. The predicted molar refractivity (Wildman–Crippen MR) is 85.6 cm³/mol. The van der Waals surface area contributed by atoms with Gasteiger partial charge < -0.3 is 5.11 Å². The second kappa shape index (κ2) is 4.91. The van der Waals surface area contributed by atoms with E-state index in [4.69, 9.17) is 0 Å². The molecule has 0 spiro atoms. The Morgan fingerprint density at radius 2 is 1.04 bits per heavy atom. The summed E-state index contributed by atoms with van der Waals surface area (Å²) in [6.07, 6.45) is 11.0. The zero-order valence-corrected chi connectivity index (χ0v) is 13.9. The Hall–Kier alpha value is -0.700. The fraction of sp³-hybridized carbons (Fsp3) is 0.900. The smallest absolute Gasteiger partial charge is 0.139 e. The maximum absolute atomic E-state index is 11.6. The van der Waals surface area contributed by atoms with Crippen LogP contribution in [-0.2, 0) is 9.59 Å². The largest absolute Gasteiger partial charge is 0.390 e. The van der Waals surface area contributed by atoms with Gasteiger partial charge in [-0.2, -0.15) is 0 Å². The molecule has 2 atom stereocenters.